The standard InChI is InChI=1S/C18H24N2O4S/c1-19-14-9-11-20(18(21)13-5-4-6-13)12-10-15(14)24-16-7-2-3-8-17(16)25(19,22)23/h2-3,7-8,13-15H,4-6,9-12H2,1H3/t14-,15-/m0/s1. The maximum Gasteiger partial charge on any atom is 0.246 e. The van der Waals surface area contributed by atoms with Crippen LogP contribution in [0.4, 0.5) is 0 Å². The van der Waals surface area contributed by atoms with Crippen molar-refractivity contribution in [3.8, 4) is 5.75 Å². The Morgan fingerprint density at radius 2 is 1.84 bits per heavy atom. The third kappa shape index (κ3) is 2.83. The van der Waals surface area contributed by atoms with E-state index in [9.17, 15) is 13.2 Å². The van der Waals surface area contributed by atoms with Crippen molar-refractivity contribution < 1.29 is 17.9 Å². The van der Waals surface area contributed by atoms with Crippen LogP contribution in [0.2, 0.25) is 0 Å². The molecule has 0 spiro atoms. The molecule has 2 heterocycles. The molecule has 1 amide bonds. The van der Waals surface area contributed by atoms with Crippen LogP contribution in [0.5, 0.6) is 5.75 Å². The largest absolute Gasteiger partial charge is 0.487 e. The predicted molar refractivity (Wildman–Crippen MR) is 92.7 cm³/mol. The normalized spacial score (nSPS) is 29.4. The number of hydrogen-bond donors (Lipinski definition) is 0. The highest BCUT2D eigenvalue weighted by Crippen LogP contribution is 2.36. The molecule has 1 aliphatic carbocycles. The van der Waals surface area contributed by atoms with Gasteiger partial charge in [0.1, 0.15) is 16.7 Å². The maximum absolute atomic E-state index is 12.9. The number of ether oxygens (including phenoxy) is 1. The van der Waals surface area contributed by atoms with Gasteiger partial charge >= 0.3 is 0 Å². The highest BCUT2D eigenvalue weighted by Gasteiger charge is 2.42. The van der Waals surface area contributed by atoms with Gasteiger partial charge in [-0.05, 0) is 31.4 Å². The highest BCUT2D eigenvalue weighted by atomic mass is 32.2. The minimum atomic E-state index is -3.59. The van der Waals surface area contributed by atoms with Gasteiger partial charge in [0.25, 0.3) is 0 Å². The Kier molecular flexibility index (Phi) is 4.24. The van der Waals surface area contributed by atoms with Gasteiger partial charge in [0.15, 0.2) is 0 Å². The average molecular weight is 364 g/mol. The van der Waals surface area contributed by atoms with E-state index in [1.807, 2.05) is 4.90 Å². The molecule has 1 aromatic carbocycles. The Balaban J connectivity index is 1.61. The highest BCUT2D eigenvalue weighted by molar-refractivity contribution is 7.89. The molecular weight excluding hydrogens is 340 g/mol. The lowest BCUT2D eigenvalue weighted by Gasteiger charge is -2.31. The second kappa shape index (κ2) is 6.29. The molecule has 0 bridgehead atoms. The number of benzene rings is 1. The minimum Gasteiger partial charge on any atom is -0.487 e. The number of para-hydroxylation sites is 1. The summed E-state index contributed by atoms with van der Waals surface area (Å²) in [6.07, 6.45) is 4.13. The fraction of sp³-hybridized carbons (Fsp3) is 0.611. The van der Waals surface area contributed by atoms with Crippen molar-refractivity contribution in [2.75, 3.05) is 20.1 Å². The van der Waals surface area contributed by atoms with Crippen LogP contribution in [0, 0.1) is 5.92 Å². The van der Waals surface area contributed by atoms with Crippen molar-refractivity contribution in [1.29, 1.82) is 0 Å². The van der Waals surface area contributed by atoms with Gasteiger partial charge in [0.05, 0.1) is 6.04 Å². The third-order valence-electron chi connectivity index (χ3n) is 5.83. The van der Waals surface area contributed by atoms with Gasteiger partial charge in [-0.1, -0.05) is 18.6 Å². The number of hydrogen-bond acceptors (Lipinski definition) is 4. The fourth-order valence-corrected chi connectivity index (χ4v) is 5.53. The Labute approximate surface area is 148 Å². The molecule has 2 fully saturated rings. The molecule has 1 saturated heterocycles. The summed E-state index contributed by atoms with van der Waals surface area (Å²) in [5, 5.41) is 0. The number of carbonyl (C=O) groups is 1. The topological polar surface area (TPSA) is 66.9 Å². The zero-order valence-electron chi connectivity index (χ0n) is 14.4. The molecule has 136 valence electrons. The van der Waals surface area contributed by atoms with Crippen molar-refractivity contribution in [2.45, 2.75) is 49.1 Å². The summed E-state index contributed by atoms with van der Waals surface area (Å²) in [6.45, 7) is 1.22. The molecule has 25 heavy (non-hydrogen) atoms. The van der Waals surface area contributed by atoms with Gasteiger partial charge in [0.2, 0.25) is 15.9 Å². The molecule has 4 rings (SSSR count). The maximum atomic E-state index is 12.9. The molecule has 0 radical (unpaired) electrons. The van der Waals surface area contributed by atoms with Gasteiger partial charge in [-0.15, -0.1) is 0 Å². The number of amides is 1. The van der Waals surface area contributed by atoms with Crippen molar-refractivity contribution in [3.05, 3.63) is 24.3 Å². The van der Waals surface area contributed by atoms with E-state index in [2.05, 4.69) is 0 Å². The molecule has 0 N–H and O–H groups in total. The second-order valence-electron chi connectivity index (χ2n) is 7.22. The Morgan fingerprint density at radius 3 is 2.56 bits per heavy atom. The van der Waals surface area contributed by atoms with E-state index in [1.165, 1.54) is 4.31 Å². The molecule has 1 saturated carbocycles. The van der Waals surface area contributed by atoms with Crippen LogP contribution in [-0.4, -0.2) is 55.8 Å². The molecule has 3 aliphatic rings. The molecule has 6 nitrogen and oxygen atoms in total. The monoisotopic (exact) mass is 364 g/mol. The SMILES string of the molecule is CN1[C@H]2CCN(C(=O)C3CCC3)CC[C@@H]2Oc2ccccc2S1(=O)=O. The van der Waals surface area contributed by atoms with Crippen molar-refractivity contribution >= 4 is 15.9 Å². The summed E-state index contributed by atoms with van der Waals surface area (Å²) < 4.78 is 33.4. The van der Waals surface area contributed by atoms with Crippen molar-refractivity contribution in [1.82, 2.24) is 9.21 Å². The van der Waals surface area contributed by atoms with Crippen LogP contribution in [0.15, 0.2) is 29.2 Å². The van der Waals surface area contributed by atoms with Crippen molar-refractivity contribution in [2.24, 2.45) is 5.92 Å². The summed E-state index contributed by atoms with van der Waals surface area (Å²) in [5.74, 6) is 0.820. The number of carbonyl (C=O) groups excluding carboxylic acids is 1. The first-order chi connectivity index (χ1) is 12.0. The Hall–Kier alpha value is -1.60. The number of fused-ring (bicyclic) bond motifs is 2. The zero-order valence-corrected chi connectivity index (χ0v) is 15.2. The summed E-state index contributed by atoms with van der Waals surface area (Å²) in [7, 11) is -1.96. The Morgan fingerprint density at radius 1 is 1.12 bits per heavy atom. The number of likely N-dealkylation sites (N-methyl/N-ethyl adjacent to an activating group) is 1. The molecule has 7 heteroatoms. The number of sulfonamides is 1. The lowest BCUT2D eigenvalue weighted by Crippen LogP contribution is -2.44. The van der Waals surface area contributed by atoms with Crippen molar-refractivity contribution in [3.63, 3.8) is 0 Å². The molecule has 2 aliphatic heterocycles. The number of likely N-dealkylation sites (tertiary alicyclic amines) is 1. The first kappa shape index (κ1) is 16.8. The third-order valence-corrected chi connectivity index (χ3v) is 7.75. The summed E-state index contributed by atoms with van der Waals surface area (Å²) >= 11 is 0. The van der Waals surface area contributed by atoms with E-state index in [-0.39, 0.29) is 28.9 Å². The summed E-state index contributed by atoms with van der Waals surface area (Å²) in [6, 6.07) is 6.56. The van der Waals surface area contributed by atoms with E-state index >= 15 is 0 Å². The quantitative estimate of drug-likeness (QED) is 0.763. The molecular formula is C18H24N2O4S. The van der Waals surface area contributed by atoms with Crippen LogP contribution >= 0.6 is 0 Å². The fourth-order valence-electron chi connectivity index (χ4n) is 4.01. The number of rotatable bonds is 1. The van der Waals surface area contributed by atoms with E-state index < -0.39 is 10.0 Å². The molecule has 1 aromatic rings. The van der Waals surface area contributed by atoms with Crippen LogP contribution in [0.25, 0.3) is 0 Å². The smallest absolute Gasteiger partial charge is 0.246 e. The summed E-state index contributed by atoms with van der Waals surface area (Å²) in [4.78, 5) is 14.7. The first-order valence-corrected chi connectivity index (χ1v) is 10.4. The van der Waals surface area contributed by atoms with E-state index in [1.54, 1.807) is 31.3 Å². The Bertz CT molecular complexity index is 775. The van der Waals surface area contributed by atoms with Crippen LogP contribution < -0.4 is 4.74 Å². The van der Waals surface area contributed by atoms with E-state index in [4.69, 9.17) is 4.74 Å². The van der Waals surface area contributed by atoms with Gasteiger partial charge in [-0.2, -0.15) is 4.31 Å². The van der Waals surface area contributed by atoms with Crippen LogP contribution in [-0.2, 0) is 14.8 Å². The van der Waals surface area contributed by atoms with Gasteiger partial charge in [-0.3, -0.25) is 4.79 Å². The lowest BCUT2D eigenvalue weighted by molar-refractivity contribution is -0.138. The summed E-state index contributed by atoms with van der Waals surface area (Å²) in [5.41, 5.74) is 0. The molecule has 0 unspecified atom stereocenters. The van der Waals surface area contributed by atoms with Gasteiger partial charge in [0, 0.05) is 32.5 Å². The average Bonchev–Trinajstić information content (AvgIpc) is 2.78. The van der Waals surface area contributed by atoms with E-state index in [0.29, 0.717) is 31.7 Å². The van der Waals surface area contributed by atoms with Crippen LogP contribution in [0.3, 0.4) is 0 Å². The minimum absolute atomic E-state index is 0.172. The first-order valence-electron chi connectivity index (χ1n) is 9.01. The predicted octanol–water partition coefficient (Wildman–Crippen LogP) is 1.86. The molecule has 0 aromatic heterocycles. The van der Waals surface area contributed by atoms with E-state index in [0.717, 1.165) is 19.3 Å². The molecule has 2 atom stereocenters. The van der Waals surface area contributed by atoms with Gasteiger partial charge in [-0.25, -0.2) is 8.42 Å². The zero-order chi connectivity index (χ0) is 17.6. The second-order valence-corrected chi connectivity index (χ2v) is 9.19. The van der Waals surface area contributed by atoms with Gasteiger partial charge < -0.3 is 9.64 Å². The number of nitrogens with zero attached hydrogens (tertiary/aromatic N) is 2. The lowest BCUT2D eigenvalue weighted by atomic mass is 9.84. The van der Waals surface area contributed by atoms with Crippen LogP contribution in [0.1, 0.15) is 32.1 Å².